The molecule has 2 N–H and O–H groups in total. The summed E-state index contributed by atoms with van der Waals surface area (Å²) in [7, 11) is 0. The van der Waals surface area contributed by atoms with Gasteiger partial charge in [-0.05, 0) is 37.1 Å². The monoisotopic (exact) mass is 233 g/mol. The summed E-state index contributed by atoms with van der Waals surface area (Å²) in [5.41, 5.74) is 0.644. The summed E-state index contributed by atoms with van der Waals surface area (Å²) in [6.07, 6.45) is 2.42. The van der Waals surface area contributed by atoms with Gasteiger partial charge >= 0.3 is 0 Å². The van der Waals surface area contributed by atoms with Crippen LogP contribution in [0.3, 0.4) is 0 Å². The molecule has 1 aliphatic heterocycles. The first-order chi connectivity index (χ1) is 8.10. The van der Waals surface area contributed by atoms with Gasteiger partial charge < -0.3 is 10.4 Å². The first kappa shape index (κ1) is 12.1. The van der Waals surface area contributed by atoms with Gasteiger partial charge in [0.05, 0.1) is 0 Å². The first-order valence-electron chi connectivity index (χ1n) is 6.12. The van der Waals surface area contributed by atoms with Gasteiger partial charge in [0, 0.05) is 18.4 Å². The van der Waals surface area contributed by atoms with Crippen LogP contribution in [0.15, 0.2) is 24.3 Å². The lowest BCUT2D eigenvalue weighted by Gasteiger charge is -2.32. The van der Waals surface area contributed by atoms with E-state index in [2.05, 4.69) is 5.32 Å². The van der Waals surface area contributed by atoms with Crippen LogP contribution >= 0.6 is 0 Å². The van der Waals surface area contributed by atoms with E-state index in [0.29, 0.717) is 6.42 Å². The fourth-order valence-electron chi connectivity index (χ4n) is 2.36. The molecule has 1 saturated heterocycles. The van der Waals surface area contributed by atoms with Crippen LogP contribution in [-0.2, 0) is 11.2 Å². The van der Waals surface area contributed by atoms with Gasteiger partial charge in [-0.15, -0.1) is 0 Å². The third-order valence-corrected chi connectivity index (χ3v) is 3.55. The maximum absolute atomic E-state index is 12.3. The van der Waals surface area contributed by atoms with E-state index in [1.54, 1.807) is 18.2 Å². The molecular formula is C14H19NO2. The largest absolute Gasteiger partial charge is 0.508 e. The van der Waals surface area contributed by atoms with E-state index in [-0.39, 0.29) is 16.9 Å². The molecule has 0 aromatic heterocycles. The summed E-state index contributed by atoms with van der Waals surface area (Å²) in [5.74, 6) is 0.484. The van der Waals surface area contributed by atoms with Crippen LogP contribution < -0.4 is 5.32 Å². The summed E-state index contributed by atoms with van der Waals surface area (Å²) in [5, 5.41) is 12.7. The Hall–Kier alpha value is -1.35. The Bertz CT molecular complexity index is 408. The molecule has 0 aliphatic carbocycles. The van der Waals surface area contributed by atoms with Crippen molar-refractivity contribution in [2.45, 2.75) is 26.2 Å². The number of phenolic OH excluding ortho intramolecular Hbond substituents is 1. The number of phenols is 1. The first-order valence-corrected chi connectivity index (χ1v) is 6.12. The maximum atomic E-state index is 12.3. The van der Waals surface area contributed by atoms with Crippen LogP contribution in [0.2, 0.25) is 0 Å². The molecule has 3 heteroatoms. The van der Waals surface area contributed by atoms with E-state index < -0.39 is 0 Å². The van der Waals surface area contributed by atoms with Gasteiger partial charge in [-0.2, -0.15) is 0 Å². The molecule has 92 valence electrons. The van der Waals surface area contributed by atoms with Crippen LogP contribution in [0.5, 0.6) is 5.75 Å². The van der Waals surface area contributed by atoms with Crippen molar-refractivity contribution in [3.05, 3.63) is 29.8 Å². The summed E-state index contributed by atoms with van der Waals surface area (Å²) >= 11 is 0. The molecule has 1 unspecified atom stereocenters. The average molecular weight is 233 g/mol. The zero-order chi connectivity index (χ0) is 12.3. The predicted octanol–water partition coefficient (Wildman–Crippen LogP) is 1.89. The molecule has 2 rings (SSSR count). The lowest BCUT2D eigenvalue weighted by Crippen LogP contribution is -2.44. The molecule has 1 fully saturated rings. The number of nitrogens with one attached hydrogen (secondary N) is 1. The molecule has 0 bridgehead atoms. The second-order valence-corrected chi connectivity index (χ2v) is 5.11. The topological polar surface area (TPSA) is 49.3 Å². The summed E-state index contributed by atoms with van der Waals surface area (Å²) in [4.78, 5) is 12.3. The Morgan fingerprint density at radius 3 is 3.00 bits per heavy atom. The van der Waals surface area contributed by atoms with Crippen molar-refractivity contribution in [1.29, 1.82) is 0 Å². The Balaban J connectivity index is 2.05. The molecule has 0 radical (unpaired) electrons. The summed E-state index contributed by atoms with van der Waals surface area (Å²) in [6.45, 7) is 3.81. The normalized spacial score (nSPS) is 24.5. The third-order valence-electron chi connectivity index (χ3n) is 3.55. The van der Waals surface area contributed by atoms with Crippen LogP contribution in [0, 0.1) is 5.41 Å². The SMILES string of the molecule is CC1(C(=O)Cc2cccc(O)c2)CCCNC1. The number of hydrogen-bond donors (Lipinski definition) is 2. The van der Waals surface area contributed by atoms with Crippen LogP contribution in [0.25, 0.3) is 0 Å². The zero-order valence-electron chi connectivity index (χ0n) is 10.2. The van der Waals surface area contributed by atoms with Crippen LogP contribution in [0.1, 0.15) is 25.3 Å². The number of rotatable bonds is 3. The molecule has 17 heavy (non-hydrogen) atoms. The number of benzene rings is 1. The third kappa shape index (κ3) is 2.86. The van der Waals surface area contributed by atoms with Gasteiger partial charge in [-0.1, -0.05) is 19.1 Å². The Morgan fingerprint density at radius 2 is 2.35 bits per heavy atom. The van der Waals surface area contributed by atoms with Crippen LogP contribution in [-0.4, -0.2) is 24.0 Å². The van der Waals surface area contributed by atoms with Gasteiger partial charge in [0.1, 0.15) is 11.5 Å². The van der Waals surface area contributed by atoms with Crippen LogP contribution in [0.4, 0.5) is 0 Å². The van der Waals surface area contributed by atoms with E-state index in [1.165, 1.54) is 0 Å². The number of hydrogen-bond acceptors (Lipinski definition) is 3. The quantitative estimate of drug-likeness (QED) is 0.838. The second-order valence-electron chi connectivity index (χ2n) is 5.11. The second kappa shape index (κ2) is 4.88. The van der Waals surface area contributed by atoms with Crippen molar-refractivity contribution >= 4 is 5.78 Å². The zero-order valence-corrected chi connectivity index (χ0v) is 10.2. The van der Waals surface area contributed by atoms with Crippen molar-refractivity contribution < 1.29 is 9.90 Å². The van der Waals surface area contributed by atoms with Crippen molar-refractivity contribution in [2.24, 2.45) is 5.41 Å². The highest BCUT2D eigenvalue weighted by Crippen LogP contribution is 2.28. The number of Topliss-reactive ketones (excluding diaryl/α,β-unsaturated/α-hetero) is 1. The van der Waals surface area contributed by atoms with Crippen molar-refractivity contribution in [2.75, 3.05) is 13.1 Å². The maximum Gasteiger partial charge on any atom is 0.144 e. The van der Waals surface area contributed by atoms with E-state index in [9.17, 15) is 9.90 Å². The van der Waals surface area contributed by atoms with E-state index in [4.69, 9.17) is 0 Å². The van der Waals surface area contributed by atoms with Gasteiger partial charge in [0.25, 0.3) is 0 Å². The fraction of sp³-hybridized carbons (Fsp3) is 0.500. The van der Waals surface area contributed by atoms with Crippen molar-refractivity contribution in [3.63, 3.8) is 0 Å². The van der Waals surface area contributed by atoms with Gasteiger partial charge in [0.15, 0.2) is 0 Å². The minimum Gasteiger partial charge on any atom is -0.508 e. The van der Waals surface area contributed by atoms with Crippen molar-refractivity contribution in [3.8, 4) is 5.75 Å². The summed E-state index contributed by atoms with van der Waals surface area (Å²) < 4.78 is 0. The highest BCUT2D eigenvalue weighted by molar-refractivity contribution is 5.86. The number of carbonyl (C=O) groups is 1. The number of aromatic hydroxyl groups is 1. The Kier molecular flexibility index (Phi) is 3.48. The predicted molar refractivity (Wildman–Crippen MR) is 67.0 cm³/mol. The standard InChI is InChI=1S/C14H19NO2/c1-14(6-3-7-15-10-14)13(17)9-11-4-2-5-12(16)8-11/h2,4-5,8,15-16H,3,6-7,9-10H2,1H3. The lowest BCUT2D eigenvalue weighted by molar-refractivity contribution is -0.128. The smallest absolute Gasteiger partial charge is 0.144 e. The van der Waals surface area contributed by atoms with Gasteiger partial charge in [0.2, 0.25) is 0 Å². The number of piperidine rings is 1. The van der Waals surface area contributed by atoms with E-state index >= 15 is 0 Å². The highest BCUT2D eigenvalue weighted by Gasteiger charge is 2.33. The Morgan fingerprint density at radius 1 is 1.53 bits per heavy atom. The summed E-state index contributed by atoms with van der Waals surface area (Å²) in [6, 6.07) is 6.95. The molecular weight excluding hydrogens is 214 g/mol. The molecule has 1 heterocycles. The Labute approximate surface area is 102 Å². The molecule has 1 aromatic rings. The molecule has 0 amide bonds. The minimum absolute atomic E-state index is 0.224. The molecule has 0 saturated carbocycles. The van der Waals surface area contributed by atoms with E-state index in [1.807, 2.05) is 13.0 Å². The van der Waals surface area contributed by atoms with Crippen molar-refractivity contribution in [1.82, 2.24) is 5.32 Å². The molecule has 1 aliphatic rings. The molecule has 3 nitrogen and oxygen atoms in total. The number of ketones is 1. The number of carbonyl (C=O) groups excluding carboxylic acids is 1. The average Bonchev–Trinajstić information content (AvgIpc) is 2.30. The molecule has 0 spiro atoms. The molecule has 1 atom stereocenters. The van der Waals surface area contributed by atoms with Gasteiger partial charge in [-0.25, -0.2) is 0 Å². The lowest BCUT2D eigenvalue weighted by atomic mass is 9.77. The fourth-order valence-corrected chi connectivity index (χ4v) is 2.36. The van der Waals surface area contributed by atoms with E-state index in [0.717, 1.165) is 31.5 Å². The van der Waals surface area contributed by atoms with Gasteiger partial charge in [-0.3, -0.25) is 4.79 Å². The highest BCUT2D eigenvalue weighted by atomic mass is 16.3. The minimum atomic E-state index is -0.246. The molecule has 1 aromatic carbocycles.